The number of rotatable bonds is 43. The molecule has 2 atom stereocenters. The van der Waals surface area contributed by atoms with E-state index in [1.54, 1.807) is 18.2 Å². The number of piperidine rings is 1. The fourth-order valence-electron chi connectivity index (χ4n) is 6.78. The number of carbonyl (C=O) groups is 7. The molecule has 1 aromatic heterocycles. The summed E-state index contributed by atoms with van der Waals surface area (Å²) in [4.78, 5) is 95.2. The summed E-state index contributed by atoms with van der Waals surface area (Å²) in [5.41, 5.74) is 0.202. The Kier molecular flexibility index (Phi) is 32.2. The second kappa shape index (κ2) is 38.5. The van der Waals surface area contributed by atoms with Gasteiger partial charge in [-0.15, -0.1) is 0 Å². The van der Waals surface area contributed by atoms with Crippen LogP contribution in [0.25, 0.3) is 0 Å². The smallest absolute Gasteiger partial charge is 0.408 e. The summed E-state index contributed by atoms with van der Waals surface area (Å²) in [7, 11) is 0. The highest BCUT2D eigenvalue weighted by Crippen LogP contribution is 2.34. The molecule has 1 aromatic carbocycles. The van der Waals surface area contributed by atoms with Crippen LogP contribution in [0.2, 0.25) is 0 Å². The molecule has 26 nitrogen and oxygen atoms in total. The normalized spacial score (nSPS) is 14.7. The van der Waals surface area contributed by atoms with Crippen LogP contribution in [0, 0.1) is 0 Å². The third kappa shape index (κ3) is 26.9. The number of amides is 7. The molecule has 1 saturated heterocycles. The van der Waals surface area contributed by atoms with Crippen molar-refractivity contribution in [3.63, 3.8) is 0 Å². The van der Waals surface area contributed by atoms with Crippen LogP contribution >= 0.6 is 34.8 Å². The molecular weight excluding hydrogens is 1080 g/mol. The first-order valence-electron chi connectivity index (χ1n) is 25.1. The average molecular weight is 1150 g/mol. The zero-order valence-electron chi connectivity index (χ0n) is 42.7. The lowest BCUT2D eigenvalue weighted by Gasteiger charge is -2.27. The molecule has 3 heterocycles. The lowest BCUT2D eigenvalue weighted by atomic mass is 10.0. The molecule has 77 heavy (non-hydrogen) atoms. The van der Waals surface area contributed by atoms with Gasteiger partial charge >= 0.3 is 6.09 Å². The highest BCUT2D eigenvalue weighted by atomic mass is 35.6. The number of alkyl halides is 3. The van der Waals surface area contributed by atoms with Crippen molar-refractivity contribution in [2.75, 3.05) is 151 Å². The van der Waals surface area contributed by atoms with E-state index in [0.29, 0.717) is 125 Å². The molecule has 29 heteroatoms. The maximum absolute atomic E-state index is 13.2. The number of aromatic nitrogens is 2. The van der Waals surface area contributed by atoms with Crippen LogP contribution in [0.4, 0.5) is 10.7 Å². The van der Waals surface area contributed by atoms with E-state index in [4.69, 9.17) is 86.9 Å². The number of alkyl carbamates (subject to hydrolysis) is 1. The molecule has 1 fully saturated rings. The Balaban J connectivity index is 0.801. The quantitative estimate of drug-likeness (QED) is 0.0273. The maximum Gasteiger partial charge on any atom is 0.408 e. The molecule has 2 aliphatic rings. The Morgan fingerprint density at radius 2 is 1.09 bits per heavy atom. The van der Waals surface area contributed by atoms with E-state index in [2.05, 4.69) is 36.6 Å². The molecule has 7 amide bonds. The van der Waals surface area contributed by atoms with Gasteiger partial charge in [-0.2, -0.15) is 0 Å². The van der Waals surface area contributed by atoms with Crippen LogP contribution in [0.3, 0.4) is 0 Å². The van der Waals surface area contributed by atoms with Crippen LogP contribution in [0.5, 0.6) is 5.75 Å². The Morgan fingerprint density at radius 1 is 0.623 bits per heavy atom. The van der Waals surface area contributed by atoms with Gasteiger partial charge in [-0.3, -0.25) is 44.3 Å². The molecule has 2 aliphatic heterocycles. The molecule has 0 aliphatic carbocycles. The van der Waals surface area contributed by atoms with Crippen LogP contribution in [-0.4, -0.2) is 218 Å². The van der Waals surface area contributed by atoms with E-state index in [9.17, 15) is 33.6 Å². The molecule has 0 spiro atoms. The van der Waals surface area contributed by atoms with Gasteiger partial charge in [0.05, 0.1) is 143 Å². The fourth-order valence-corrected chi connectivity index (χ4v) is 7.11. The Bertz CT molecular complexity index is 2100. The van der Waals surface area contributed by atoms with Crippen molar-refractivity contribution in [3.8, 4) is 5.75 Å². The van der Waals surface area contributed by atoms with Crippen molar-refractivity contribution in [3.05, 3.63) is 47.8 Å². The van der Waals surface area contributed by atoms with Gasteiger partial charge in [0, 0.05) is 44.7 Å². The first kappa shape index (κ1) is 64.4. The molecule has 430 valence electrons. The fraction of sp³-hybridized carbons (Fsp3) is 0.646. The minimum Gasteiger partial charge on any atom is -0.493 e. The number of hydrogen-bond donors (Lipinski definition) is 5. The number of halogens is 3. The van der Waals surface area contributed by atoms with E-state index >= 15 is 0 Å². The molecule has 2 aromatic rings. The Labute approximate surface area is 461 Å². The Hall–Kier alpha value is -5.10. The van der Waals surface area contributed by atoms with Crippen LogP contribution in [-0.2, 0) is 66.5 Å². The molecule has 5 N–H and O–H groups in total. The number of hydrogen-bond acceptors (Lipinski definition) is 21. The minimum atomic E-state index is -1.92. The third-order valence-corrected chi connectivity index (χ3v) is 11.2. The van der Waals surface area contributed by atoms with Crippen molar-refractivity contribution < 1.29 is 85.7 Å². The lowest BCUT2D eigenvalue weighted by Crippen LogP contribution is -2.54. The number of carbonyl (C=O) groups excluding carboxylic acids is 7. The number of nitrogens with one attached hydrogen (secondary N) is 5. The standard InChI is InChI=1S/C48H69Cl3N8O18/c49-48(50,51)45(57-46-54-11-2-12-55-46)58-47(66)77-16-4-14-53-39(61)10-18-68-20-22-70-24-26-72-28-30-74-32-34-75-33-31-73-29-27-71-25-23-69-21-19-67-17-9-38(60)52-13-3-15-76-37-6-1-5-35-41(37)44(65)59(43(35)64)36-7-8-40(62)56-42(36)63/h1-2,5-6,11-12,36,45H,3-4,7-10,13-34H2,(H,52,60)(H,53,61)(H,58,66)(H,54,55,57)(H,56,62,63). The first-order chi connectivity index (χ1) is 37.3. The molecule has 0 radical (unpaired) electrons. The van der Waals surface area contributed by atoms with Crippen LogP contribution in [0.15, 0.2) is 36.7 Å². The van der Waals surface area contributed by atoms with Gasteiger partial charge in [-0.1, -0.05) is 40.9 Å². The zero-order chi connectivity index (χ0) is 55.4. The van der Waals surface area contributed by atoms with E-state index < -0.39 is 45.7 Å². The summed E-state index contributed by atoms with van der Waals surface area (Å²) in [6.45, 7) is 7.46. The van der Waals surface area contributed by atoms with Gasteiger partial charge in [-0.05, 0) is 37.5 Å². The summed E-state index contributed by atoms with van der Waals surface area (Å²) in [5, 5.41) is 12.8. The lowest BCUT2D eigenvalue weighted by molar-refractivity contribution is -0.136. The number of imide groups is 2. The number of ether oxygens (including phenoxy) is 11. The maximum atomic E-state index is 13.2. The number of nitrogens with zero attached hydrogens (tertiary/aromatic N) is 3. The minimum absolute atomic E-state index is 0.0119. The molecular formula is C48H69Cl3N8O18. The highest BCUT2D eigenvalue weighted by Gasteiger charge is 2.46. The van der Waals surface area contributed by atoms with Crippen molar-refractivity contribution >= 4 is 82.3 Å². The van der Waals surface area contributed by atoms with E-state index in [1.165, 1.54) is 18.5 Å². The van der Waals surface area contributed by atoms with E-state index in [0.717, 1.165) is 4.90 Å². The van der Waals surface area contributed by atoms with Gasteiger partial charge in [0.2, 0.25) is 33.4 Å². The predicted molar refractivity (Wildman–Crippen MR) is 275 cm³/mol. The van der Waals surface area contributed by atoms with Gasteiger partial charge in [-0.25, -0.2) is 14.8 Å². The SMILES string of the molecule is O=C(CCOCCOCCOCCOCCOCCOCCOCCOCCOCCC(=O)NCCCOc1cccc2c1C(=O)N(C1CCC(=O)NC1=O)C2=O)NCCCOC(=O)NC(Nc1ncccn1)C(Cl)(Cl)Cl. The van der Waals surface area contributed by atoms with E-state index in [-0.39, 0.29) is 93.3 Å². The van der Waals surface area contributed by atoms with Crippen molar-refractivity contribution in [1.82, 2.24) is 36.1 Å². The topological polar surface area (TPSA) is 310 Å². The summed E-state index contributed by atoms with van der Waals surface area (Å²) in [5.74, 6) is -2.46. The summed E-state index contributed by atoms with van der Waals surface area (Å²) in [6.07, 6.45) is 2.16. The molecule has 0 bridgehead atoms. The Morgan fingerprint density at radius 3 is 1.56 bits per heavy atom. The average Bonchev–Trinajstić information content (AvgIpc) is 3.72. The van der Waals surface area contributed by atoms with Crippen LogP contribution < -0.4 is 31.3 Å². The summed E-state index contributed by atoms with van der Waals surface area (Å²) >= 11 is 17.8. The summed E-state index contributed by atoms with van der Waals surface area (Å²) in [6, 6.07) is 5.18. The number of fused-ring (bicyclic) bond motifs is 1. The predicted octanol–water partition coefficient (Wildman–Crippen LogP) is 1.73. The van der Waals surface area contributed by atoms with Crippen LogP contribution in [0.1, 0.15) is 59.2 Å². The second-order valence-electron chi connectivity index (χ2n) is 16.4. The zero-order valence-corrected chi connectivity index (χ0v) is 45.0. The summed E-state index contributed by atoms with van der Waals surface area (Å²) < 4.78 is 58.3. The number of benzene rings is 1. The molecule has 2 unspecified atom stereocenters. The van der Waals surface area contributed by atoms with Gasteiger partial charge in [0.25, 0.3) is 11.8 Å². The van der Waals surface area contributed by atoms with Crippen molar-refractivity contribution in [2.24, 2.45) is 0 Å². The van der Waals surface area contributed by atoms with Gasteiger partial charge < -0.3 is 68.1 Å². The van der Waals surface area contributed by atoms with E-state index in [1.807, 2.05) is 0 Å². The van der Waals surface area contributed by atoms with Gasteiger partial charge in [0.15, 0.2) is 6.17 Å². The van der Waals surface area contributed by atoms with Crippen molar-refractivity contribution in [2.45, 2.75) is 54.5 Å². The molecule has 0 saturated carbocycles. The molecule has 4 rings (SSSR count). The first-order valence-corrected chi connectivity index (χ1v) is 26.2. The largest absolute Gasteiger partial charge is 0.493 e. The third-order valence-electron chi connectivity index (χ3n) is 10.6. The second-order valence-corrected chi connectivity index (χ2v) is 18.7. The monoisotopic (exact) mass is 1150 g/mol. The number of anilines is 1. The van der Waals surface area contributed by atoms with Gasteiger partial charge in [0.1, 0.15) is 11.8 Å². The van der Waals surface area contributed by atoms with Crippen molar-refractivity contribution in [1.29, 1.82) is 0 Å². The highest BCUT2D eigenvalue weighted by molar-refractivity contribution is 6.68.